The van der Waals surface area contributed by atoms with Crippen LogP contribution in [0.25, 0.3) is 0 Å². The molecule has 1 rings (SSSR count). The summed E-state index contributed by atoms with van der Waals surface area (Å²) in [7, 11) is 0. The first-order valence-electron chi connectivity index (χ1n) is 4.08. The van der Waals surface area contributed by atoms with Gasteiger partial charge in [0.1, 0.15) is 0 Å². The minimum absolute atomic E-state index is 0.147. The molecule has 0 amide bonds. The van der Waals surface area contributed by atoms with Crippen LogP contribution in [0, 0.1) is 0 Å². The van der Waals surface area contributed by atoms with E-state index < -0.39 is 11.1 Å². The Labute approximate surface area is 80.2 Å². The third-order valence-corrected chi connectivity index (χ3v) is 2.46. The molecule has 0 fully saturated rings. The topological polar surface area (TPSA) is 63.3 Å². The van der Waals surface area contributed by atoms with Gasteiger partial charge in [-0.1, -0.05) is 19.1 Å². The van der Waals surface area contributed by atoms with E-state index in [4.69, 9.17) is 10.3 Å². The quantitative estimate of drug-likeness (QED) is 0.573. The molecule has 3 N–H and O–H groups in total. The Bertz CT molecular complexity index is 325. The number of nitrogen functional groups attached to an aromatic ring is 1. The van der Waals surface area contributed by atoms with Gasteiger partial charge >= 0.3 is 0 Å². The Morgan fingerprint density at radius 1 is 1.54 bits per heavy atom. The predicted octanol–water partition coefficient (Wildman–Crippen LogP) is 1.55. The molecule has 4 heteroatoms. The molecule has 0 spiro atoms. The van der Waals surface area contributed by atoms with Gasteiger partial charge in [0.05, 0.1) is 5.75 Å². The van der Waals surface area contributed by atoms with Crippen molar-refractivity contribution in [3.05, 3.63) is 29.3 Å². The molecule has 1 unspecified atom stereocenters. The molecule has 0 radical (unpaired) electrons. The van der Waals surface area contributed by atoms with Crippen LogP contribution in [0.5, 0.6) is 0 Å². The zero-order valence-corrected chi connectivity index (χ0v) is 8.30. The molecule has 0 aliphatic carbocycles. The van der Waals surface area contributed by atoms with E-state index >= 15 is 0 Å². The molecule has 0 aromatic heterocycles. The summed E-state index contributed by atoms with van der Waals surface area (Å²) in [6.45, 7) is 2.02. The van der Waals surface area contributed by atoms with Crippen LogP contribution in [0.2, 0.25) is 0 Å². The Hall–Kier alpha value is -0.870. The third-order valence-electron chi connectivity index (χ3n) is 1.88. The van der Waals surface area contributed by atoms with Crippen LogP contribution in [-0.4, -0.2) is 8.76 Å². The highest BCUT2D eigenvalue weighted by Crippen LogP contribution is 2.15. The maximum atomic E-state index is 10.5. The number of benzene rings is 1. The van der Waals surface area contributed by atoms with E-state index in [0.717, 1.165) is 17.5 Å². The number of aryl methyl sites for hydroxylation is 1. The number of hydrogen-bond donors (Lipinski definition) is 2. The molecule has 0 aliphatic rings. The summed E-state index contributed by atoms with van der Waals surface area (Å²) in [5.41, 5.74) is 8.30. The largest absolute Gasteiger partial charge is 0.398 e. The molecular formula is C9H13NO2S. The molecule has 0 heterocycles. The Morgan fingerprint density at radius 3 is 2.69 bits per heavy atom. The van der Waals surface area contributed by atoms with Crippen molar-refractivity contribution in [1.82, 2.24) is 0 Å². The molecule has 0 bridgehead atoms. The molecule has 0 saturated carbocycles. The Balaban J connectivity index is 2.89. The highest BCUT2D eigenvalue weighted by Gasteiger charge is 2.01. The second-order valence-electron chi connectivity index (χ2n) is 2.85. The lowest BCUT2D eigenvalue weighted by Gasteiger charge is -2.04. The van der Waals surface area contributed by atoms with E-state index in [1.54, 1.807) is 6.07 Å². The van der Waals surface area contributed by atoms with E-state index in [-0.39, 0.29) is 5.75 Å². The monoisotopic (exact) mass is 199 g/mol. The summed E-state index contributed by atoms with van der Waals surface area (Å²) in [6.07, 6.45) is 0.883. The molecule has 72 valence electrons. The predicted molar refractivity (Wildman–Crippen MR) is 54.7 cm³/mol. The van der Waals surface area contributed by atoms with Gasteiger partial charge in [0.15, 0.2) is 11.1 Å². The van der Waals surface area contributed by atoms with Gasteiger partial charge in [-0.2, -0.15) is 0 Å². The molecule has 0 aliphatic heterocycles. The van der Waals surface area contributed by atoms with Gasteiger partial charge in [-0.25, -0.2) is 4.21 Å². The van der Waals surface area contributed by atoms with Crippen molar-refractivity contribution >= 4 is 16.8 Å². The zero-order valence-electron chi connectivity index (χ0n) is 7.49. The number of hydrogen-bond acceptors (Lipinski definition) is 2. The van der Waals surface area contributed by atoms with Crippen molar-refractivity contribution in [2.75, 3.05) is 5.73 Å². The number of nitrogens with two attached hydrogens (primary N) is 1. The fourth-order valence-electron chi connectivity index (χ4n) is 1.20. The minimum atomic E-state index is -1.79. The summed E-state index contributed by atoms with van der Waals surface area (Å²) >= 11 is -1.79. The molecule has 13 heavy (non-hydrogen) atoms. The van der Waals surface area contributed by atoms with Crippen molar-refractivity contribution in [2.24, 2.45) is 0 Å². The maximum absolute atomic E-state index is 10.5. The number of anilines is 1. The third kappa shape index (κ3) is 2.82. The van der Waals surface area contributed by atoms with Gasteiger partial charge in [0.2, 0.25) is 0 Å². The average molecular weight is 199 g/mol. The van der Waals surface area contributed by atoms with E-state index in [9.17, 15) is 4.21 Å². The van der Waals surface area contributed by atoms with Gasteiger partial charge in [0.25, 0.3) is 0 Å². The highest BCUT2D eigenvalue weighted by atomic mass is 32.2. The smallest absolute Gasteiger partial charge is 0.157 e. The zero-order chi connectivity index (χ0) is 9.84. The van der Waals surface area contributed by atoms with Gasteiger partial charge in [-0.05, 0) is 23.6 Å². The average Bonchev–Trinajstić information content (AvgIpc) is 2.03. The lowest BCUT2D eigenvalue weighted by atomic mass is 10.1. The summed E-state index contributed by atoms with van der Waals surface area (Å²) in [5, 5.41) is 0. The summed E-state index contributed by atoms with van der Waals surface area (Å²) in [5.74, 6) is 0.147. The fraction of sp³-hybridized carbons (Fsp3) is 0.333. The summed E-state index contributed by atoms with van der Waals surface area (Å²) in [6, 6.07) is 5.49. The van der Waals surface area contributed by atoms with Crippen molar-refractivity contribution in [3.63, 3.8) is 0 Å². The van der Waals surface area contributed by atoms with Crippen molar-refractivity contribution < 1.29 is 8.76 Å². The second-order valence-corrected chi connectivity index (χ2v) is 3.78. The SMILES string of the molecule is CCc1ccc(CS(=O)O)cc1N. The van der Waals surface area contributed by atoms with E-state index in [1.165, 1.54) is 0 Å². The highest BCUT2D eigenvalue weighted by molar-refractivity contribution is 7.78. The fourth-order valence-corrected chi connectivity index (χ4v) is 1.66. The standard InChI is InChI=1S/C9H13NO2S/c1-2-8-4-3-7(5-9(8)10)6-13(11)12/h3-5H,2,6,10H2,1H3,(H,11,12). The maximum Gasteiger partial charge on any atom is 0.157 e. The van der Waals surface area contributed by atoms with Crippen molar-refractivity contribution in [2.45, 2.75) is 19.1 Å². The summed E-state index contributed by atoms with van der Waals surface area (Å²) in [4.78, 5) is 0. The Morgan fingerprint density at radius 2 is 2.23 bits per heavy atom. The van der Waals surface area contributed by atoms with E-state index in [0.29, 0.717) is 5.69 Å². The molecule has 1 aromatic carbocycles. The first-order chi connectivity index (χ1) is 6.13. The van der Waals surface area contributed by atoms with Crippen LogP contribution >= 0.6 is 0 Å². The lowest BCUT2D eigenvalue weighted by Crippen LogP contribution is -1.97. The molecule has 1 aromatic rings. The van der Waals surface area contributed by atoms with Gasteiger partial charge in [-0.15, -0.1) is 0 Å². The van der Waals surface area contributed by atoms with Crippen molar-refractivity contribution in [1.29, 1.82) is 0 Å². The van der Waals surface area contributed by atoms with Gasteiger partial charge in [-0.3, -0.25) is 0 Å². The first kappa shape index (κ1) is 10.2. The van der Waals surface area contributed by atoms with Crippen LogP contribution < -0.4 is 5.73 Å². The van der Waals surface area contributed by atoms with Crippen LogP contribution in [0.3, 0.4) is 0 Å². The lowest BCUT2D eigenvalue weighted by molar-refractivity contribution is 0.563. The van der Waals surface area contributed by atoms with E-state index in [2.05, 4.69) is 0 Å². The van der Waals surface area contributed by atoms with E-state index in [1.807, 2.05) is 19.1 Å². The minimum Gasteiger partial charge on any atom is -0.398 e. The van der Waals surface area contributed by atoms with Crippen LogP contribution in [0.15, 0.2) is 18.2 Å². The van der Waals surface area contributed by atoms with Gasteiger partial charge in [0, 0.05) is 5.69 Å². The first-order valence-corrected chi connectivity index (χ1v) is 5.35. The second kappa shape index (κ2) is 4.39. The summed E-state index contributed by atoms with van der Waals surface area (Å²) < 4.78 is 19.2. The van der Waals surface area contributed by atoms with Crippen LogP contribution in [0.1, 0.15) is 18.1 Å². The number of rotatable bonds is 3. The van der Waals surface area contributed by atoms with Crippen molar-refractivity contribution in [3.8, 4) is 0 Å². The Kier molecular flexibility index (Phi) is 3.45. The normalized spacial score (nSPS) is 12.8. The van der Waals surface area contributed by atoms with Gasteiger partial charge < -0.3 is 10.3 Å². The van der Waals surface area contributed by atoms with Crippen LogP contribution in [-0.2, 0) is 23.3 Å². The molecular weight excluding hydrogens is 186 g/mol. The molecule has 0 saturated heterocycles. The molecule has 3 nitrogen and oxygen atoms in total. The van der Waals surface area contributed by atoms with Crippen LogP contribution in [0.4, 0.5) is 5.69 Å². The molecule has 1 atom stereocenters.